The summed E-state index contributed by atoms with van der Waals surface area (Å²) in [4.78, 5) is 0. The average molecular weight is 126 g/mol. The molecule has 8 heavy (non-hydrogen) atoms. The highest BCUT2D eigenvalue weighted by Crippen LogP contribution is 2.13. The summed E-state index contributed by atoms with van der Waals surface area (Å²) >= 11 is 1.79. The summed E-state index contributed by atoms with van der Waals surface area (Å²) in [7, 11) is 0. The van der Waals surface area contributed by atoms with Crippen LogP contribution in [0.15, 0.2) is 10.8 Å². The largest absolute Gasteiger partial charge is 0.152 e. The molecule has 0 atom stereocenters. The number of aryl methyl sites for hydroxylation is 2. The van der Waals surface area contributed by atoms with Crippen molar-refractivity contribution in [3.8, 4) is 0 Å². The van der Waals surface area contributed by atoms with Gasteiger partial charge in [-0.15, -0.1) is 0 Å². The fraction of sp³-hybridized carbons (Fsp3) is 0.429. The molecule has 0 aliphatic rings. The fourth-order valence-electron chi connectivity index (χ4n) is 0.749. The van der Waals surface area contributed by atoms with Crippen molar-refractivity contribution < 1.29 is 0 Å². The van der Waals surface area contributed by atoms with Crippen LogP contribution in [-0.2, 0) is 6.42 Å². The van der Waals surface area contributed by atoms with E-state index in [1.807, 2.05) is 0 Å². The van der Waals surface area contributed by atoms with Crippen LogP contribution in [0.5, 0.6) is 0 Å². The molecule has 1 heteroatoms. The number of rotatable bonds is 1. The van der Waals surface area contributed by atoms with Gasteiger partial charge in [0.1, 0.15) is 0 Å². The second-order valence-corrected chi connectivity index (χ2v) is 2.68. The molecule has 44 valence electrons. The van der Waals surface area contributed by atoms with Crippen LogP contribution in [0.1, 0.15) is 18.1 Å². The van der Waals surface area contributed by atoms with Crippen molar-refractivity contribution >= 4 is 11.3 Å². The van der Waals surface area contributed by atoms with Crippen molar-refractivity contribution in [1.29, 1.82) is 0 Å². The first kappa shape index (κ1) is 5.83. The SMILES string of the molecule is CCc1cscc1C. The van der Waals surface area contributed by atoms with Gasteiger partial charge in [-0.05, 0) is 35.2 Å². The van der Waals surface area contributed by atoms with Crippen molar-refractivity contribution in [2.75, 3.05) is 0 Å². The van der Waals surface area contributed by atoms with Gasteiger partial charge in [-0.2, -0.15) is 11.3 Å². The maximum absolute atomic E-state index is 2.22. The van der Waals surface area contributed by atoms with E-state index in [1.54, 1.807) is 11.3 Å². The Hall–Kier alpha value is -0.300. The Morgan fingerprint density at radius 3 is 2.50 bits per heavy atom. The van der Waals surface area contributed by atoms with Gasteiger partial charge in [0.15, 0.2) is 0 Å². The van der Waals surface area contributed by atoms with E-state index in [0.29, 0.717) is 0 Å². The van der Waals surface area contributed by atoms with Crippen LogP contribution in [0, 0.1) is 6.92 Å². The van der Waals surface area contributed by atoms with Crippen molar-refractivity contribution in [3.05, 3.63) is 21.9 Å². The summed E-state index contributed by atoms with van der Waals surface area (Å²) in [5.41, 5.74) is 2.94. The van der Waals surface area contributed by atoms with Crippen LogP contribution < -0.4 is 0 Å². The Balaban J connectivity index is 2.92. The van der Waals surface area contributed by atoms with Gasteiger partial charge in [0, 0.05) is 0 Å². The molecule has 0 aromatic carbocycles. The molecule has 0 spiro atoms. The van der Waals surface area contributed by atoms with Gasteiger partial charge >= 0.3 is 0 Å². The molecular weight excluding hydrogens is 116 g/mol. The van der Waals surface area contributed by atoms with Crippen molar-refractivity contribution in [2.45, 2.75) is 20.3 Å². The van der Waals surface area contributed by atoms with Gasteiger partial charge < -0.3 is 0 Å². The van der Waals surface area contributed by atoms with Crippen molar-refractivity contribution in [3.63, 3.8) is 0 Å². The molecule has 1 aromatic rings. The first-order valence-electron chi connectivity index (χ1n) is 2.86. The molecule has 1 heterocycles. The molecule has 0 aliphatic heterocycles. The zero-order valence-electron chi connectivity index (χ0n) is 5.27. The highest BCUT2D eigenvalue weighted by Gasteiger charge is 1.92. The molecule has 0 nitrogen and oxygen atoms in total. The molecule has 0 radical (unpaired) electrons. The summed E-state index contributed by atoms with van der Waals surface area (Å²) in [5, 5.41) is 4.41. The topological polar surface area (TPSA) is 0 Å². The van der Waals surface area contributed by atoms with Gasteiger partial charge in [-0.25, -0.2) is 0 Å². The number of thiophene rings is 1. The molecule has 0 saturated carbocycles. The highest BCUT2D eigenvalue weighted by molar-refractivity contribution is 7.08. The average Bonchev–Trinajstić information content (AvgIpc) is 2.14. The van der Waals surface area contributed by atoms with E-state index in [-0.39, 0.29) is 0 Å². The Kier molecular flexibility index (Phi) is 1.69. The number of hydrogen-bond acceptors (Lipinski definition) is 1. The van der Waals surface area contributed by atoms with Crippen LogP contribution in [0.4, 0.5) is 0 Å². The van der Waals surface area contributed by atoms with E-state index < -0.39 is 0 Å². The molecular formula is C7H10S. The zero-order valence-corrected chi connectivity index (χ0v) is 6.09. The first-order chi connectivity index (χ1) is 3.84. The smallest absolute Gasteiger partial charge is 0.00586 e. The van der Waals surface area contributed by atoms with E-state index in [9.17, 15) is 0 Å². The van der Waals surface area contributed by atoms with Gasteiger partial charge in [0.2, 0.25) is 0 Å². The Morgan fingerprint density at radius 2 is 2.25 bits per heavy atom. The predicted molar refractivity (Wildman–Crippen MR) is 38.4 cm³/mol. The Labute approximate surface area is 54.2 Å². The Morgan fingerprint density at radius 1 is 1.50 bits per heavy atom. The Bertz CT molecular complexity index is 165. The van der Waals surface area contributed by atoms with E-state index >= 15 is 0 Å². The summed E-state index contributed by atoms with van der Waals surface area (Å²) < 4.78 is 0. The van der Waals surface area contributed by atoms with Crippen LogP contribution >= 0.6 is 11.3 Å². The minimum atomic E-state index is 1.18. The van der Waals surface area contributed by atoms with Crippen LogP contribution in [0.25, 0.3) is 0 Å². The van der Waals surface area contributed by atoms with Crippen molar-refractivity contribution in [2.24, 2.45) is 0 Å². The summed E-state index contributed by atoms with van der Waals surface area (Å²) in [6.45, 7) is 4.35. The predicted octanol–water partition coefficient (Wildman–Crippen LogP) is 2.62. The van der Waals surface area contributed by atoms with Gasteiger partial charge in [0.25, 0.3) is 0 Å². The van der Waals surface area contributed by atoms with E-state index in [2.05, 4.69) is 24.6 Å². The lowest BCUT2D eigenvalue weighted by Gasteiger charge is -1.88. The van der Waals surface area contributed by atoms with Gasteiger partial charge in [0.05, 0.1) is 0 Å². The monoisotopic (exact) mass is 126 g/mol. The lowest BCUT2D eigenvalue weighted by atomic mass is 10.2. The minimum Gasteiger partial charge on any atom is -0.152 e. The molecule has 0 N–H and O–H groups in total. The first-order valence-corrected chi connectivity index (χ1v) is 3.80. The van der Waals surface area contributed by atoms with Gasteiger partial charge in [-0.3, -0.25) is 0 Å². The quantitative estimate of drug-likeness (QED) is 0.542. The molecule has 1 aromatic heterocycles. The number of hydrogen-bond donors (Lipinski definition) is 0. The molecule has 0 unspecified atom stereocenters. The lowest BCUT2D eigenvalue weighted by Crippen LogP contribution is -1.75. The summed E-state index contributed by atoms with van der Waals surface area (Å²) in [6, 6.07) is 0. The second kappa shape index (κ2) is 2.31. The second-order valence-electron chi connectivity index (χ2n) is 1.93. The van der Waals surface area contributed by atoms with E-state index in [4.69, 9.17) is 0 Å². The third kappa shape index (κ3) is 0.920. The molecule has 0 amide bonds. The van der Waals surface area contributed by atoms with Crippen LogP contribution in [0.3, 0.4) is 0 Å². The molecule has 0 saturated heterocycles. The zero-order chi connectivity index (χ0) is 5.98. The summed E-state index contributed by atoms with van der Waals surface area (Å²) in [6.07, 6.45) is 1.18. The van der Waals surface area contributed by atoms with E-state index in [1.165, 1.54) is 17.5 Å². The fourth-order valence-corrected chi connectivity index (χ4v) is 1.69. The minimum absolute atomic E-state index is 1.18. The maximum Gasteiger partial charge on any atom is -0.00586 e. The third-order valence-electron chi connectivity index (χ3n) is 1.34. The van der Waals surface area contributed by atoms with Gasteiger partial charge in [-0.1, -0.05) is 6.92 Å². The van der Waals surface area contributed by atoms with E-state index in [0.717, 1.165) is 0 Å². The molecule has 1 rings (SSSR count). The summed E-state index contributed by atoms with van der Waals surface area (Å²) in [5.74, 6) is 0. The maximum atomic E-state index is 2.22. The standard InChI is InChI=1S/C7H10S/c1-3-7-5-8-4-6(7)2/h4-5H,3H2,1-2H3. The molecule has 0 bridgehead atoms. The van der Waals surface area contributed by atoms with Crippen LogP contribution in [-0.4, -0.2) is 0 Å². The van der Waals surface area contributed by atoms with Crippen molar-refractivity contribution in [1.82, 2.24) is 0 Å². The highest BCUT2D eigenvalue weighted by atomic mass is 32.1. The lowest BCUT2D eigenvalue weighted by molar-refractivity contribution is 1.13. The molecule has 0 aliphatic carbocycles. The van der Waals surface area contributed by atoms with Crippen LogP contribution in [0.2, 0.25) is 0 Å². The molecule has 0 fully saturated rings. The third-order valence-corrected chi connectivity index (χ3v) is 2.25. The normalized spacial score (nSPS) is 9.75.